The van der Waals surface area contributed by atoms with Gasteiger partial charge in [0.15, 0.2) is 17.0 Å². The summed E-state index contributed by atoms with van der Waals surface area (Å²) in [6, 6.07) is 15.2. The minimum atomic E-state index is -0.502. The number of fused-ring (bicyclic) bond motifs is 3. The molecule has 2 aromatic carbocycles. The van der Waals surface area contributed by atoms with Gasteiger partial charge < -0.3 is 0 Å². The van der Waals surface area contributed by atoms with Gasteiger partial charge in [0, 0.05) is 17.6 Å². The second kappa shape index (κ2) is 6.70. The lowest BCUT2D eigenvalue weighted by Crippen LogP contribution is -2.29. The molecule has 0 atom stereocenters. The summed E-state index contributed by atoms with van der Waals surface area (Å²) in [5.74, 6) is 0.997. The first-order valence-corrected chi connectivity index (χ1v) is 9.70. The van der Waals surface area contributed by atoms with E-state index in [2.05, 4.69) is 15.2 Å². The van der Waals surface area contributed by atoms with Crippen molar-refractivity contribution in [2.75, 3.05) is 0 Å². The molecule has 0 spiro atoms. The molecule has 5 rings (SSSR count). The monoisotopic (exact) mass is 420 g/mol. The fourth-order valence-electron chi connectivity index (χ4n) is 3.65. The summed E-state index contributed by atoms with van der Waals surface area (Å²) in [6.07, 6.45) is 0. The Morgan fingerprint density at radius 1 is 1.00 bits per heavy atom. The highest BCUT2D eigenvalue weighted by molar-refractivity contribution is 6.30. The Morgan fingerprint density at radius 2 is 1.70 bits per heavy atom. The lowest BCUT2D eigenvalue weighted by atomic mass is 10.1. The van der Waals surface area contributed by atoms with Crippen LogP contribution in [0.2, 0.25) is 5.02 Å². The quantitative estimate of drug-likeness (QED) is 0.486. The minimum Gasteiger partial charge on any atom is -0.298 e. The molecule has 30 heavy (non-hydrogen) atoms. The Labute approximate surface area is 175 Å². The van der Waals surface area contributed by atoms with E-state index in [0.717, 1.165) is 16.7 Å². The number of benzene rings is 2. The smallest absolute Gasteiger partial charge is 0.298 e. The van der Waals surface area contributed by atoms with E-state index in [0.29, 0.717) is 34.3 Å². The predicted octanol–water partition coefficient (Wildman–Crippen LogP) is 2.75. The number of imidazole rings is 1. The minimum absolute atomic E-state index is 0.359. The molecule has 5 aromatic rings. The van der Waals surface area contributed by atoms with Gasteiger partial charge in [-0.15, -0.1) is 10.2 Å². The number of nitrogens with one attached hydrogen (secondary N) is 1. The number of aromatic nitrogens is 6. The van der Waals surface area contributed by atoms with Gasteiger partial charge in [0.25, 0.3) is 5.56 Å². The summed E-state index contributed by atoms with van der Waals surface area (Å²) in [5.41, 5.74) is 2.75. The molecule has 0 saturated carbocycles. The summed E-state index contributed by atoms with van der Waals surface area (Å²) < 4.78 is 4.92. The third kappa shape index (κ3) is 2.76. The molecule has 0 saturated heterocycles. The molecule has 3 heterocycles. The second-order valence-electron chi connectivity index (χ2n) is 7.23. The van der Waals surface area contributed by atoms with Gasteiger partial charge in [-0.05, 0) is 36.8 Å². The Kier molecular flexibility index (Phi) is 4.11. The topological polar surface area (TPSA) is 90.0 Å². The normalized spacial score (nSPS) is 11.6. The van der Waals surface area contributed by atoms with Gasteiger partial charge in [0.1, 0.15) is 0 Å². The van der Waals surface area contributed by atoms with Crippen LogP contribution in [-0.2, 0) is 13.6 Å². The number of hydrogen-bond acceptors (Lipinski definition) is 4. The first-order valence-electron chi connectivity index (χ1n) is 9.32. The number of rotatable bonds is 3. The highest BCUT2D eigenvalue weighted by Gasteiger charge is 2.23. The molecule has 1 N–H and O–H groups in total. The number of aryl methyl sites for hydroxylation is 2. The first-order chi connectivity index (χ1) is 14.4. The molecular weight excluding hydrogens is 404 g/mol. The van der Waals surface area contributed by atoms with Crippen molar-refractivity contribution in [1.29, 1.82) is 0 Å². The van der Waals surface area contributed by atoms with E-state index in [1.807, 2.05) is 43.3 Å². The van der Waals surface area contributed by atoms with Crippen LogP contribution in [0.4, 0.5) is 0 Å². The SMILES string of the molecule is Cc1ccc(Cn2c3c(=O)[nH]c(=O)n(C)c3n3c(-c4ccc(Cl)cc4)nnc23)cc1. The fraction of sp³-hybridized carbons (Fsp3) is 0.143. The van der Waals surface area contributed by atoms with E-state index in [9.17, 15) is 9.59 Å². The van der Waals surface area contributed by atoms with Gasteiger partial charge in [-0.25, -0.2) is 9.20 Å². The van der Waals surface area contributed by atoms with Gasteiger partial charge in [-0.2, -0.15) is 0 Å². The molecule has 0 bridgehead atoms. The van der Waals surface area contributed by atoms with Crippen molar-refractivity contribution >= 4 is 28.5 Å². The van der Waals surface area contributed by atoms with Gasteiger partial charge in [-0.3, -0.25) is 18.9 Å². The third-order valence-corrected chi connectivity index (χ3v) is 5.45. The van der Waals surface area contributed by atoms with Crippen LogP contribution in [-0.4, -0.2) is 28.7 Å². The number of hydrogen-bond donors (Lipinski definition) is 1. The van der Waals surface area contributed by atoms with Crippen molar-refractivity contribution in [3.8, 4) is 11.4 Å². The van der Waals surface area contributed by atoms with Crippen molar-refractivity contribution in [1.82, 2.24) is 28.7 Å². The Hall–Kier alpha value is -3.65. The predicted molar refractivity (Wildman–Crippen MR) is 115 cm³/mol. The Morgan fingerprint density at radius 3 is 2.40 bits per heavy atom. The van der Waals surface area contributed by atoms with Crippen molar-refractivity contribution in [3.63, 3.8) is 0 Å². The van der Waals surface area contributed by atoms with E-state index in [1.54, 1.807) is 28.1 Å². The highest BCUT2D eigenvalue weighted by atomic mass is 35.5. The molecule has 0 aliphatic heterocycles. The maximum Gasteiger partial charge on any atom is 0.329 e. The molecule has 0 radical (unpaired) electrons. The average molecular weight is 421 g/mol. The van der Waals surface area contributed by atoms with E-state index in [-0.39, 0.29) is 0 Å². The lowest BCUT2D eigenvalue weighted by Gasteiger charge is -2.06. The van der Waals surface area contributed by atoms with Crippen LogP contribution in [0.15, 0.2) is 58.1 Å². The molecule has 0 unspecified atom stereocenters. The van der Waals surface area contributed by atoms with E-state index in [4.69, 9.17) is 11.6 Å². The summed E-state index contributed by atoms with van der Waals surface area (Å²) in [6.45, 7) is 2.43. The summed E-state index contributed by atoms with van der Waals surface area (Å²) >= 11 is 6.02. The number of halogens is 1. The summed E-state index contributed by atoms with van der Waals surface area (Å²) in [7, 11) is 1.61. The number of H-pyrrole nitrogens is 1. The summed E-state index contributed by atoms with van der Waals surface area (Å²) in [5, 5.41) is 9.30. The lowest BCUT2D eigenvalue weighted by molar-refractivity contribution is 0.809. The molecule has 0 aliphatic rings. The molecule has 0 fully saturated rings. The molecule has 150 valence electrons. The van der Waals surface area contributed by atoms with Gasteiger partial charge in [-0.1, -0.05) is 41.4 Å². The van der Waals surface area contributed by atoms with E-state index < -0.39 is 11.2 Å². The average Bonchev–Trinajstić information content (AvgIpc) is 3.28. The fourth-order valence-corrected chi connectivity index (χ4v) is 3.78. The van der Waals surface area contributed by atoms with E-state index in [1.165, 1.54) is 4.57 Å². The summed E-state index contributed by atoms with van der Waals surface area (Å²) in [4.78, 5) is 27.5. The zero-order valence-corrected chi connectivity index (χ0v) is 17.0. The second-order valence-corrected chi connectivity index (χ2v) is 7.66. The third-order valence-electron chi connectivity index (χ3n) is 5.20. The van der Waals surface area contributed by atoms with Crippen LogP contribution in [0.25, 0.3) is 28.3 Å². The van der Waals surface area contributed by atoms with Gasteiger partial charge in [0.05, 0.1) is 6.54 Å². The Bertz CT molecular complexity index is 1520. The molecular formula is C21H17ClN6O2. The van der Waals surface area contributed by atoms with Gasteiger partial charge >= 0.3 is 5.69 Å². The molecule has 8 nitrogen and oxygen atoms in total. The highest BCUT2D eigenvalue weighted by Crippen LogP contribution is 2.26. The standard InChI is InChI=1S/C21H17ClN6O2/c1-12-3-5-13(6-4-12)11-27-16-18(29)23-21(30)26(2)19(16)28-17(24-25-20(27)28)14-7-9-15(22)10-8-14/h3-10H,11H2,1-2H3,(H,23,29,30). The molecule has 3 aromatic heterocycles. The number of nitrogens with zero attached hydrogens (tertiary/aromatic N) is 5. The van der Waals surface area contributed by atoms with Crippen LogP contribution >= 0.6 is 11.6 Å². The van der Waals surface area contributed by atoms with E-state index >= 15 is 0 Å². The molecule has 0 amide bonds. The largest absolute Gasteiger partial charge is 0.329 e. The Balaban J connectivity index is 1.86. The van der Waals surface area contributed by atoms with Crippen molar-refractivity contribution in [2.24, 2.45) is 7.05 Å². The zero-order valence-electron chi connectivity index (χ0n) is 16.3. The van der Waals surface area contributed by atoms with Crippen LogP contribution in [0.1, 0.15) is 11.1 Å². The maximum atomic E-state index is 12.8. The van der Waals surface area contributed by atoms with Crippen LogP contribution < -0.4 is 11.2 Å². The number of aromatic amines is 1. The van der Waals surface area contributed by atoms with Crippen LogP contribution in [0.5, 0.6) is 0 Å². The maximum absolute atomic E-state index is 12.8. The molecule has 0 aliphatic carbocycles. The molecule has 9 heteroatoms. The van der Waals surface area contributed by atoms with Crippen molar-refractivity contribution in [3.05, 3.63) is 85.5 Å². The van der Waals surface area contributed by atoms with Gasteiger partial charge in [0.2, 0.25) is 5.78 Å². The van der Waals surface area contributed by atoms with Crippen LogP contribution in [0.3, 0.4) is 0 Å². The van der Waals surface area contributed by atoms with Crippen LogP contribution in [0, 0.1) is 6.92 Å². The zero-order chi connectivity index (χ0) is 21.0. The first kappa shape index (κ1) is 18.4. The van der Waals surface area contributed by atoms with Crippen molar-refractivity contribution in [2.45, 2.75) is 13.5 Å². The van der Waals surface area contributed by atoms with Crippen molar-refractivity contribution < 1.29 is 0 Å².